The molecule has 10 aromatic rings. The van der Waals surface area contributed by atoms with Crippen LogP contribution >= 0.6 is 0 Å². The summed E-state index contributed by atoms with van der Waals surface area (Å²) in [6.07, 6.45) is 0. The standard InChI is InChI=1S/C55H40N2/c1-55(2)50-24-11-8-21-46(50)47-32-30-44(36-51(47)55)56(42-19-14-20-43(35-42)57-52-25-12-9-22-48(52)49-23-10-13-26-53(49)57)54-34-41(29-31-45(54)38-16-4-3-5-17-38)40-28-27-37-15-6-7-18-39(37)33-40/h3-36H,1-2H3. The largest absolute Gasteiger partial charge is 0.310 e. The summed E-state index contributed by atoms with van der Waals surface area (Å²) in [6.45, 7) is 4.73. The molecule has 0 amide bonds. The van der Waals surface area contributed by atoms with Crippen LogP contribution in [0.25, 0.3) is 71.6 Å². The maximum absolute atomic E-state index is 2.49. The van der Waals surface area contributed by atoms with Gasteiger partial charge in [-0.2, -0.15) is 0 Å². The minimum atomic E-state index is -0.145. The Labute approximate surface area is 333 Å². The molecule has 0 fully saturated rings. The van der Waals surface area contributed by atoms with Crippen molar-refractivity contribution in [2.24, 2.45) is 0 Å². The molecule has 0 unspecified atom stereocenters. The molecule has 0 aliphatic heterocycles. The van der Waals surface area contributed by atoms with Gasteiger partial charge < -0.3 is 9.47 Å². The number of hydrogen-bond donors (Lipinski definition) is 0. The SMILES string of the molecule is CC1(C)c2ccccc2-c2ccc(N(c3cccc(-n4c5ccccc5c5ccccc54)c3)c3cc(-c4ccc5ccccc5c4)ccc3-c3ccccc3)cc21. The highest BCUT2D eigenvalue weighted by Crippen LogP contribution is 2.52. The van der Waals surface area contributed by atoms with Crippen LogP contribution in [0, 0.1) is 0 Å². The molecule has 0 N–H and O–H groups in total. The van der Waals surface area contributed by atoms with Gasteiger partial charge >= 0.3 is 0 Å². The second-order valence-corrected chi connectivity index (χ2v) is 15.8. The summed E-state index contributed by atoms with van der Waals surface area (Å²) in [7, 11) is 0. The highest BCUT2D eigenvalue weighted by atomic mass is 15.1. The number of hydrogen-bond acceptors (Lipinski definition) is 1. The lowest BCUT2D eigenvalue weighted by Crippen LogP contribution is -2.17. The average Bonchev–Trinajstić information content (AvgIpc) is 3.72. The fourth-order valence-electron chi connectivity index (χ4n) is 9.36. The number of fused-ring (bicyclic) bond motifs is 7. The number of aromatic nitrogens is 1. The van der Waals surface area contributed by atoms with Crippen molar-refractivity contribution in [3.8, 4) is 39.1 Å². The molecular weight excluding hydrogens is 689 g/mol. The Morgan fingerprint density at radius 1 is 0.386 bits per heavy atom. The number of para-hydroxylation sites is 2. The van der Waals surface area contributed by atoms with Crippen molar-refractivity contribution in [1.82, 2.24) is 4.57 Å². The predicted molar refractivity (Wildman–Crippen MR) is 241 cm³/mol. The molecule has 2 heteroatoms. The number of nitrogens with zero attached hydrogens (tertiary/aromatic N) is 2. The zero-order valence-electron chi connectivity index (χ0n) is 32.0. The van der Waals surface area contributed by atoms with Crippen LogP contribution in [0.3, 0.4) is 0 Å². The Morgan fingerprint density at radius 3 is 1.81 bits per heavy atom. The molecule has 2 nitrogen and oxygen atoms in total. The van der Waals surface area contributed by atoms with Crippen LogP contribution in [0.1, 0.15) is 25.0 Å². The van der Waals surface area contributed by atoms with E-state index >= 15 is 0 Å². The minimum absolute atomic E-state index is 0.145. The Morgan fingerprint density at radius 2 is 1.00 bits per heavy atom. The summed E-state index contributed by atoms with van der Waals surface area (Å²) >= 11 is 0. The lowest BCUT2D eigenvalue weighted by molar-refractivity contribution is 0.660. The van der Waals surface area contributed by atoms with Gasteiger partial charge in [0, 0.05) is 38.8 Å². The topological polar surface area (TPSA) is 8.17 Å². The van der Waals surface area contributed by atoms with E-state index in [4.69, 9.17) is 0 Å². The molecule has 1 heterocycles. The van der Waals surface area contributed by atoms with Crippen LogP contribution in [0.15, 0.2) is 206 Å². The van der Waals surface area contributed by atoms with E-state index < -0.39 is 0 Å². The third-order valence-electron chi connectivity index (χ3n) is 12.2. The summed E-state index contributed by atoms with van der Waals surface area (Å²) in [5.74, 6) is 0. The quantitative estimate of drug-likeness (QED) is 0.165. The van der Waals surface area contributed by atoms with Gasteiger partial charge in [-0.3, -0.25) is 0 Å². The molecular formula is C55H40N2. The van der Waals surface area contributed by atoms with E-state index in [0.29, 0.717) is 0 Å². The lowest BCUT2D eigenvalue weighted by Gasteiger charge is -2.30. The first-order chi connectivity index (χ1) is 28.0. The van der Waals surface area contributed by atoms with Crippen molar-refractivity contribution >= 4 is 49.6 Å². The van der Waals surface area contributed by atoms with Gasteiger partial charge in [-0.1, -0.05) is 166 Å². The first-order valence-electron chi connectivity index (χ1n) is 19.8. The molecule has 1 aliphatic carbocycles. The van der Waals surface area contributed by atoms with E-state index in [0.717, 1.165) is 22.7 Å². The van der Waals surface area contributed by atoms with E-state index in [9.17, 15) is 0 Å². The van der Waals surface area contributed by atoms with Gasteiger partial charge in [-0.15, -0.1) is 0 Å². The van der Waals surface area contributed by atoms with Crippen LogP contribution in [0.5, 0.6) is 0 Å². The minimum Gasteiger partial charge on any atom is -0.310 e. The Hall–Kier alpha value is -7.16. The van der Waals surface area contributed by atoms with Crippen LogP contribution in [-0.2, 0) is 5.41 Å². The van der Waals surface area contributed by atoms with Crippen LogP contribution in [0.2, 0.25) is 0 Å². The maximum atomic E-state index is 2.49. The van der Waals surface area contributed by atoms with E-state index in [1.165, 1.54) is 77.1 Å². The zero-order valence-corrected chi connectivity index (χ0v) is 32.0. The van der Waals surface area contributed by atoms with Gasteiger partial charge in [-0.05, 0) is 104 Å². The fraction of sp³-hybridized carbons (Fsp3) is 0.0545. The summed E-state index contributed by atoms with van der Waals surface area (Å²) in [5.41, 5.74) is 16.8. The zero-order chi connectivity index (χ0) is 38.1. The third kappa shape index (κ3) is 5.33. The maximum Gasteiger partial charge on any atom is 0.0546 e. The Balaban J connectivity index is 1.18. The van der Waals surface area contributed by atoms with Gasteiger partial charge in [-0.25, -0.2) is 0 Å². The fourth-order valence-corrected chi connectivity index (χ4v) is 9.36. The van der Waals surface area contributed by atoms with Crippen LogP contribution in [0.4, 0.5) is 17.1 Å². The van der Waals surface area contributed by atoms with Crippen molar-refractivity contribution in [2.45, 2.75) is 19.3 Å². The first kappa shape index (κ1) is 33.2. The van der Waals surface area contributed by atoms with Crippen molar-refractivity contribution in [2.75, 3.05) is 4.90 Å². The second kappa shape index (κ2) is 13.0. The average molecular weight is 729 g/mol. The van der Waals surface area contributed by atoms with Gasteiger partial charge in [0.05, 0.1) is 16.7 Å². The van der Waals surface area contributed by atoms with Crippen molar-refractivity contribution in [3.05, 3.63) is 217 Å². The monoisotopic (exact) mass is 728 g/mol. The Kier molecular flexibility index (Phi) is 7.55. The van der Waals surface area contributed by atoms with E-state index in [1.807, 2.05) is 0 Å². The molecule has 57 heavy (non-hydrogen) atoms. The molecule has 270 valence electrons. The summed E-state index contributed by atoms with van der Waals surface area (Å²) < 4.78 is 2.42. The van der Waals surface area contributed by atoms with Crippen molar-refractivity contribution in [3.63, 3.8) is 0 Å². The normalized spacial score (nSPS) is 12.9. The van der Waals surface area contributed by atoms with E-state index in [2.05, 4.69) is 230 Å². The molecule has 0 bridgehead atoms. The number of anilines is 3. The Bertz CT molecular complexity index is 3110. The molecule has 9 aromatic carbocycles. The number of benzene rings is 9. The molecule has 0 atom stereocenters. The van der Waals surface area contributed by atoms with Gasteiger partial charge in [0.1, 0.15) is 0 Å². The first-order valence-corrected chi connectivity index (χ1v) is 19.8. The molecule has 1 aromatic heterocycles. The summed E-state index contributed by atoms with van der Waals surface area (Å²) in [5, 5.41) is 4.99. The molecule has 11 rings (SSSR count). The van der Waals surface area contributed by atoms with Crippen LogP contribution in [-0.4, -0.2) is 4.57 Å². The molecule has 0 radical (unpaired) electrons. The highest BCUT2D eigenvalue weighted by molar-refractivity contribution is 6.09. The molecule has 0 saturated heterocycles. The summed E-state index contributed by atoms with van der Waals surface area (Å²) in [6, 6.07) is 75.8. The van der Waals surface area contributed by atoms with E-state index in [-0.39, 0.29) is 5.41 Å². The smallest absolute Gasteiger partial charge is 0.0546 e. The van der Waals surface area contributed by atoms with Gasteiger partial charge in [0.2, 0.25) is 0 Å². The molecule has 1 aliphatic rings. The van der Waals surface area contributed by atoms with Crippen molar-refractivity contribution in [1.29, 1.82) is 0 Å². The van der Waals surface area contributed by atoms with Gasteiger partial charge in [0.25, 0.3) is 0 Å². The van der Waals surface area contributed by atoms with Crippen molar-refractivity contribution < 1.29 is 0 Å². The van der Waals surface area contributed by atoms with Gasteiger partial charge in [0.15, 0.2) is 0 Å². The predicted octanol–water partition coefficient (Wildman–Crippen LogP) is 15.0. The summed E-state index contributed by atoms with van der Waals surface area (Å²) in [4.78, 5) is 2.49. The van der Waals surface area contributed by atoms with Crippen LogP contribution < -0.4 is 4.90 Å². The van der Waals surface area contributed by atoms with E-state index in [1.54, 1.807) is 0 Å². The lowest BCUT2D eigenvalue weighted by atomic mass is 9.82. The molecule has 0 saturated carbocycles. The third-order valence-corrected chi connectivity index (χ3v) is 12.2. The second-order valence-electron chi connectivity index (χ2n) is 15.8. The molecule has 0 spiro atoms. The highest BCUT2D eigenvalue weighted by Gasteiger charge is 2.36. The number of rotatable bonds is 6.